The molecular weight excluding hydrogens is 299 g/mol. The smallest absolute Gasteiger partial charge is 0.387 e. The summed E-state index contributed by atoms with van der Waals surface area (Å²) in [5, 5.41) is 10.0. The average molecular weight is 313 g/mol. The fraction of sp³-hybridized carbons (Fsp3) is 0.267. The third kappa shape index (κ3) is 4.22. The third-order valence-electron chi connectivity index (χ3n) is 2.95. The number of benzene rings is 1. The summed E-state index contributed by atoms with van der Waals surface area (Å²) in [6.07, 6.45) is -3.56. The van der Waals surface area contributed by atoms with Crippen LogP contribution in [0.2, 0.25) is 0 Å². The summed E-state index contributed by atoms with van der Waals surface area (Å²) in [6, 6.07) is 8.47. The number of aromatic nitrogens is 1. The molecule has 0 fully saturated rings. The van der Waals surface area contributed by atoms with E-state index in [2.05, 4.69) is 4.98 Å². The monoisotopic (exact) mass is 313 g/mol. The molecule has 0 aliphatic rings. The predicted molar refractivity (Wildman–Crippen MR) is 76.1 cm³/mol. The minimum atomic E-state index is -4.49. The number of halogens is 3. The number of hydrogen-bond acceptors (Lipinski definition) is 3. The summed E-state index contributed by atoms with van der Waals surface area (Å²) in [4.78, 5) is 4.58. The summed E-state index contributed by atoms with van der Waals surface area (Å²) in [7, 11) is 0. The van der Waals surface area contributed by atoms with Crippen LogP contribution in [0.3, 0.4) is 0 Å². The summed E-state index contributed by atoms with van der Waals surface area (Å²) in [5.74, 6) is 0.137. The molecule has 0 spiro atoms. The van der Waals surface area contributed by atoms with E-state index in [-0.39, 0.29) is 11.3 Å². The maximum atomic E-state index is 12.9. The number of pyridine rings is 1. The van der Waals surface area contributed by atoms with E-state index in [1.165, 1.54) is 11.8 Å². The Bertz CT molecular complexity index is 599. The standard InChI is InChI=1S/C15H14F3NOS/c1-10-2-4-11(5-3-10)21-9-14(20)12-8-19-7-6-13(12)15(16,17)18/h2-8,14,20H,9H2,1H3. The van der Waals surface area contributed by atoms with Crippen molar-refractivity contribution < 1.29 is 18.3 Å². The minimum Gasteiger partial charge on any atom is -0.387 e. The van der Waals surface area contributed by atoms with Gasteiger partial charge in [-0.05, 0) is 25.1 Å². The first-order chi connectivity index (χ1) is 9.88. The van der Waals surface area contributed by atoms with Gasteiger partial charge in [0.1, 0.15) is 0 Å². The normalized spacial score (nSPS) is 13.2. The van der Waals surface area contributed by atoms with E-state index < -0.39 is 17.8 Å². The summed E-state index contributed by atoms with van der Waals surface area (Å²) in [5.41, 5.74) is 0.0747. The first-order valence-corrected chi connectivity index (χ1v) is 7.25. The molecule has 21 heavy (non-hydrogen) atoms. The van der Waals surface area contributed by atoms with Gasteiger partial charge < -0.3 is 5.11 Å². The Hall–Kier alpha value is -1.53. The predicted octanol–water partition coefficient (Wildman–Crippen LogP) is 4.23. The molecule has 1 N–H and O–H groups in total. The molecule has 0 radical (unpaired) electrons. The van der Waals surface area contributed by atoms with Gasteiger partial charge in [0.25, 0.3) is 0 Å². The zero-order valence-electron chi connectivity index (χ0n) is 11.3. The fourth-order valence-electron chi connectivity index (χ4n) is 1.83. The van der Waals surface area contributed by atoms with Gasteiger partial charge in [-0.3, -0.25) is 4.98 Å². The van der Waals surface area contributed by atoms with Crippen LogP contribution in [0.4, 0.5) is 13.2 Å². The Labute approximate surface area is 125 Å². The molecule has 1 heterocycles. The largest absolute Gasteiger partial charge is 0.416 e. The highest BCUT2D eigenvalue weighted by Crippen LogP contribution is 2.35. The molecule has 2 nitrogen and oxygen atoms in total. The Morgan fingerprint density at radius 1 is 1.19 bits per heavy atom. The molecule has 1 aromatic heterocycles. The van der Waals surface area contributed by atoms with Gasteiger partial charge in [0, 0.05) is 28.6 Å². The van der Waals surface area contributed by atoms with Crippen LogP contribution >= 0.6 is 11.8 Å². The molecule has 112 valence electrons. The molecule has 1 unspecified atom stereocenters. The second kappa shape index (κ2) is 6.49. The van der Waals surface area contributed by atoms with Crippen LogP contribution in [-0.4, -0.2) is 15.8 Å². The molecule has 2 aromatic rings. The number of aryl methyl sites for hydroxylation is 1. The first kappa shape index (κ1) is 15.9. The van der Waals surface area contributed by atoms with E-state index in [4.69, 9.17) is 0 Å². The SMILES string of the molecule is Cc1ccc(SCC(O)c2cnccc2C(F)(F)F)cc1. The Morgan fingerprint density at radius 3 is 2.48 bits per heavy atom. The molecule has 1 atom stereocenters. The quantitative estimate of drug-likeness (QED) is 0.857. The zero-order valence-corrected chi connectivity index (χ0v) is 12.1. The second-order valence-corrected chi connectivity index (χ2v) is 5.69. The third-order valence-corrected chi connectivity index (χ3v) is 4.03. The van der Waals surface area contributed by atoms with E-state index in [0.717, 1.165) is 28.9 Å². The number of rotatable bonds is 4. The van der Waals surface area contributed by atoms with Crippen molar-refractivity contribution in [2.24, 2.45) is 0 Å². The summed E-state index contributed by atoms with van der Waals surface area (Å²) in [6.45, 7) is 1.95. The fourth-order valence-corrected chi connectivity index (χ4v) is 2.69. The number of aliphatic hydroxyl groups is 1. The zero-order chi connectivity index (χ0) is 15.5. The molecule has 0 saturated carbocycles. The van der Waals surface area contributed by atoms with Crippen molar-refractivity contribution in [3.63, 3.8) is 0 Å². The molecule has 0 aliphatic heterocycles. The van der Waals surface area contributed by atoms with E-state index >= 15 is 0 Å². The number of hydrogen-bond donors (Lipinski definition) is 1. The molecule has 1 aromatic carbocycles. The highest BCUT2D eigenvalue weighted by atomic mass is 32.2. The maximum Gasteiger partial charge on any atom is 0.416 e. The van der Waals surface area contributed by atoms with Gasteiger partial charge >= 0.3 is 6.18 Å². The van der Waals surface area contributed by atoms with Crippen LogP contribution < -0.4 is 0 Å². The van der Waals surface area contributed by atoms with Crippen molar-refractivity contribution in [1.82, 2.24) is 4.98 Å². The molecule has 0 bridgehead atoms. The lowest BCUT2D eigenvalue weighted by Crippen LogP contribution is -2.13. The van der Waals surface area contributed by atoms with Crippen molar-refractivity contribution in [2.45, 2.75) is 24.1 Å². The highest BCUT2D eigenvalue weighted by molar-refractivity contribution is 7.99. The number of thioether (sulfide) groups is 1. The van der Waals surface area contributed by atoms with Gasteiger partial charge in [0.15, 0.2) is 0 Å². The number of aliphatic hydroxyl groups excluding tert-OH is 1. The van der Waals surface area contributed by atoms with E-state index in [1.807, 2.05) is 31.2 Å². The molecule has 0 amide bonds. The summed E-state index contributed by atoms with van der Waals surface area (Å²) < 4.78 is 38.6. The van der Waals surface area contributed by atoms with Crippen LogP contribution in [0.1, 0.15) is 22.8 Å². The summed E-state index contributed by atoms with van der Waals surface area (Å²) >= 11 is 1.31. The Kier molecular flexibility index (Phi) is 4.90. The second-order valence-electron chi connectivity index (χ2n) is 4.60. The number of alkyl halides is 3. The van der Waals surface area contributed by atoms with Gasteiger partial charge in [0.05, 0.1) is 11.7 Å². The van der Waals surface area contributed by atoms with Gasteiger partial charge in [-0.25, -0.2) is 0 Å². The number of nitrogens with zero attached hydrogens (tertiary/aromatic N) is 1. The minimum absolute atomic E-state index is 0.137. The van der Waals surface area contributed by atoms with Crippen molar-refractivity contribution in [1.29, 1.82) is 0 Å². The van der Waals surface area contributed by atoms with Crippen molar-refractivity contribution in [3.8, 4) is 0 Å². The van der Waals surface area contributed by atoms with E-state index in [9.17, 15) is 18.3 Å². The molecular formula is C15H14F3NOS. The highest BCUT2D eigenvalue weighted by Gasteiger charge is 2.34. The lowest BCUT2D eigenvalue weighted by Gasteiger charge is -2.16. The first-order valence-electron chi connectivity index (χ1n) is 6.26. The van der Waals surface area contributed by atoms with Gasteiger partial charge in [0.2, 0.25) is 0 Å². The van der Waals surface area contributed by atoms with Crippen LogP contribution in [0.5, 0.6) is 0 Å². The van der Waals surface area contributed by atoms with Gasteiger partial charge in [-0.15, -0.1) is 11.8 Å². The Balaban J connectivity index is 2.10. The lowest BCUT2D eigenvalue weighted by molar-refractivity contribution is -0.139. The molecule has 0 aliphatic carbocycles. The van der Waals surface area contributed by atoms with Crippen molar-refractivity contribution >= 4 is 11.8 Å². The lowest BCUT2D eigenvalue weighted by atomic mass is 10.1. The topological polar surface area (TPSA) is 33.1 Å². The molecule has 2 rings (SSSR count). The van der Waals surface area contributed by atoms with E-state index in [0.29, 0.717) is 0 Å². The van der Waals surface area contributed by atoms with Gasteiger partial charge in [-0.2, -0.15) is 13.2 Å². The Morgan fingerprint density at radius 2 is 1.86 bits per heavy atom. The van der Waals surface area contributed by atoms with Crippen LogP contribution in [0, 0.1) is 6.92 Å². The van der Waals surface area contributed by atoms with E-state index in [1.54, 1.807) is 0 Å². The molecule has 6 heteroatoms. The van der Waals surface area contributed by atoms with Crippen LogP contribution in [0.25, 0.3) is 0 Å². The van der Waals surface area contributed by atoms with Crippen molar-refractivity contribution in [3.05, 3.63) is 59.4 Å². The van der Waals surface area contributed by atoms with Crippen LogP contribution in [0.15, 0.2) is 47.6 Å². The average Bonchev–Trinajstić information content (AvgIpc) is 2.45. The van der Waals surface area contributed by atoms with Gasteiger partial charge in [-0.1, -0.05) is 17.7 Å². The van der Waals surface area contributed by atoms with Crippen LogP contribution in [-0.2, 0) is 6.18 Å². The maximum absolute atomic E-state index is 12.9. The van der Waals surface area contributed by atoms with Crippen molar-refractivity contribution in [2.75, 3.05) is 5.75 Å². The molecule has 0 saturated heterocycles.